The Morgan fingerprint density at radius 2 is 2.38 bits per heavy atom. The molecular formula is C6H10B2N2O2S. The van der Waals surface area contributed by atoms with E-state index in [2.05, 4.69) is 10.3 Å². The summed E-state index contributed by atoms with van der Waals surface area (Å²) in [5.74, 6) is -0.156. The van der Waals surface area contributed by atoms with Gasteiger partial charge in [-0.3, -0.25) is 4.79 Å². The molecule has 1 aromatic heterocycles. The van der Waals surface area contributed by atoms with Gasteiger partial charge in [-0.25, -0.2) is 4.98 Å². The fourth-order valence-electron chi connectivity index (χ4n) is 0.765. The Morgan fingerprint density at radius 1 is 1.77 bits per heavy atom. The van der Waals surface area contributed by atoms with E-state index in [-0.39, 0.29) is 5.91 Å². The lowest BCUT2D eigenvalue weighted by molar-refractivity contribution is -0.114. The van der Waals surface area contributed by atoms with Crippen molar-refractivity contribution in [2.75, 3.05) is 5.32 Å². The lowest BCUT2D eigenvalue weighted by Gasteiger charge is -2.13. The predicted molar refractivity (Wildman–Crippen MR) is 57.4 cm³/mol. The molecule has 0 spiro atoms. The van der Waals surface area contributed by atoms with Gasteiger partial charge >= 0.3 is 0 Å². The van der Waals surface area contributed by atoms with Gasteiger partial charge in [-0.15, -0.1) is 11.3 Å². The van der Waals surface area contributed by atoms with Gasteiger partial charge in [0.25, 0.3) is 0 Å². The number of nitrogens with zero attached hydrogens (tertiary/aromatic N) is 1. The number of amides is 1. The maximum atomic E-state index is 10.7. The molecule has 0 saturated heterocycles. The van der Waals surface area contributed by atoms with Crippen molar-refractivity contribution in [1.82, 2.24) is 4.98 Å². The first-order valence-electron chi connectivity index (χ1n) is 3.86. The van der Waals surface area contributed by atoms with E-state index < -0.39 is 5.40 Å². The van der Waals surface area contributed by atoms with Crippen LogP contribution in [0, 0.1) is 0 Å². The molecule has 0 radical (unpaired) electrons. The lowest BCUT2D eigenvalue weighted by Crippen LogP contribution is -2.24. The molecule has 0 fully saturated rings. The second kappa shape index (κ2) is 3.51. The summed E-state index contributed by atoms with van der Waals surface area (Å²) in [7, 11) is 3.36. The maximum absolute atomic E-state index is 10.7. The SMILES string of the molecule is BC(B)(O)c1cnc(NC(C)=O)s1. The zero-order chi connectivity index (χ0) is 10.1. The molecule has 0 saturated carbocycles. The molecule has 1 amide bonds. The van der Waals surface area contributed by atoms with Crippen LogP contribution in [0.15, 0.2) is 6.20 Å². The molecular weight excluding hydrogens is 186 g/mol. The van der Waals surface area contributed by atoms with Crippen molar-refractivity contribution in [3.63, 3.8) is 0 Å². The summed E-state index contributed by atoms with van der Waals surface area (Å²) in [6.45, 7) is 1.42. The van der Waals surface area contributed by atoms with Crippen LogP contribution in [-0.4, -0.2) is 31.7 Å². The number of hydrogen-bond donors (Lipinski definition) is 2. The van der Waals surface area contributed by atoms with Gasteiger partial charge in [-0.2, -0.15) is 0 Å². The van der Waals surface area contributed by atoms with Crippen molar-refractivity contribution in [2.24, 2.45) is 0 Å². The Bertz CT molecular complexity index is 321. The molecule has 0 aromatic carbocycles. The number of aromatic nitrogens is 1. The summed E-state index contributed by atoms with van der Waals surface area (Å²) in [5, 5.41) is 11.8. The van der Waals surface area contributed by atoms with E-state index in [1.807, 2.05) is 0 Å². The summed E-state index contributed by atoms with van der Waals surface area (Å²) >= 11 is 1.28. The summed E-state index contributed by atoms with van der Waals surface area (Å²) in [4.78, 5) is 15.3. The molecule has 7 heteroatoms. The minimum absolute atomic E-state index is 0.156. The molecule has 0 aliphatic rings. The Hall–Kier alpha value is -0.810. The quantitative estimate of drug-likeness (QED) is 0.564. The van der Waals surface area contributed by atoms with E-state index in [9.17, 15) is 9.90 Å². The van der Waals surface area contributed by atoms with Gasteiger partial charge in [-0.1, -0.05) is 0 Å². The monoisotopic (exact) mass is 196 g/mol. The number of nitrogens with one attached hydrogen (secondary N) is 1. The zero-order valence-electron chi connectivity index (χ0n) is 7.79. The Labute approximate surface area is 82.2 Å². The first kappa shape index (κ1) is 10.3. The van der Waals surface area contributed by atoms with E-state index in [1.54, 1.807) is 21.9 Å². The van der Waals surface area contributed by atoms with Crippen LogP contribution < -0.4 is 5.32 Å². The van der Waals surface area contributed by atoms with Gasteiger partial charge in [0.1, 0.15) is 15.7 Å². The van der Waals surface area contributed by atoms with E-state index in [0.717, 1.165) is 4.88 Å². The Kier molecular flexibility index (Phi) is 2.77. The average Bonchev–Trinajstić information content (AvgIpc) is 2.32. The van der Waals surface area contributed by atoms with Crippen LogP contribution in [0.25, 0.3) is 0 Å². The third kappa shape index (κ3) is 2.86. The number of anilines is 1. The molecule has 1 rings (SSSR count). The van der Waals surface area contributed by atoms with Crippen LogP contribution in [-0.2, 0) is 10.2 Å². The molecule has 0 bridgehead atoms. The van der Waals surface area contributed by atoms with Crippen molar-refractivity contribution < 1.29 is 9.90 Å². The van der Waals surface area contributed by atoms with E-state index >= 15 is 0 Å². The highest BCUT2D eigenvalue weighted by molar-refractivity contribution is 7.16. The highest BCUT2D eigenvalue weighted by Crippen LogP contribution is 2.24. The van der Waals surface area contributed by atoms with Crippen LogP contribution in [0.4, 0.5) is 5.13 Å². The number of carbonyl (C=O) groups is 1. The number of hydrogen-bond acceptors (Lipinski definition) is 4. The fourth-order valence-corrected chi connectivity index (χ4v) is 1.63. The normalized spacial score (nSPS) is 11.2. The van der Waals surface area contributed by atoms with Gasteiger partial charge < -0.3 is 10.4 Å². The van der Waals surface area contributed by atoms with Crippen LogP contribution >= 0.6 is 11.3 Å². The largest absolute Gasteiger partial charge is 0.402 e. The van der Waals surface area contributed by atoms with Crippen LogP contribution in [0.1, 0.15) is 11.8 Å². The van der Waals surface area contributed by atoms with E-state index in [4.69, 9.17) is 0 Å². The summed E-state index contributed by atoms with van der Waals surface area (Å²) in [6, 6.07) is 0. The first-order chi connectivity index (χ1) is 5.89. The second-order valence-corrected chi connectivity index (χ2v) is 4.30. The highest BCUT2D eigenvalue weighted by Gasteiger charge is 2.19. The zero-order valence-corrected chi connectivity index (χ0v) is 8.60. The fraction of sp³-hybridized carbons (Fsp3) is 0.333. The second-order valence-electron chi connectivity index (χ2n) is 3.27. The van der Waals surface area contributed by atoms with Gasteiger partial charge in [0, 0.05) is 23.4 Å². The molecule has 4 nitrogen and oxygen atoms in total. The molecule has 1 aromatic rings. The topological polar surface area (TPSA) is 62.2 Å². The number of carbonyl (C=O) groups excluding carboxylic acids is 1. The Morgan fingerprint density at radius 3 is 2.77 bits per heavy atom. The number of aliphatic hydroxyl groups is 1. The molecule has 0 aliphatic heterocycles. The van der Waals surface area contributed by atoms with Crippen LogP contribution in [0.2, 0.25) is 0 Å². The molecule has 2 N–H and O–H groups in total. The molecule has 13 heavy (non-hydrogen) atoms. The average molecular weight is 196 g/mol. The highest BCUT2D eigenvalue weighted by atomic mass is 32.1. The summed E-state index contributed by atoms with van der Waals surface area (Å²) in [5.41, 5.74) is 0. The maximum Gasteiger partial charge on any atom is 0.223 e. The van der Waals surface area contributed by atoms with Gasteiger partial charge in [0.05, 0.1) is 0 Å². The van der Waals surface area contributed by atoms with Crippen molar-refractivity contribution in [3.05, 3.63) is 11.1 Å². The van der Waals surface area contributed by atoms with E-state index in [1.165, 1.54) is 18.3 Å². The number of rotatable bonds is 2. The molecule has 68 valence electrons. The smallest absolute Gasteiger partial charge is 0.223 e. The molecule has 0 aliphatic carbocycles. The van der Waals surface area contributed by atoms with Gasteiger partial charge in [0.2, 0.25) is 5.91 Å². The van der Waals surface area contributed by atoms with Gasteiger partial charge in [-0.05, 0) is 0 Å². The minimum atomic E-state index is -0.894. The van der Waals surface area contributed by atoms with Crippen molar-refractivity contribution in [3.8, 4) is 0 Å². The lowest BCUT2D eigenvalue weighted by atomic mass is 9.65. The first-order valence-corrected chi connectivity index (χ1v) is 4.67. The van der Waals surface area contributed by atoms with Gasteiger partial charge in [0.15, 0.2) is 5.13 Å². The van der Waals surface area contributed by atoms with Crippen LogP contribution in [0.3, 0.4) is 0 Å². The molecule has 0 unspecified atom stereocenters. The standard InChI is InChI=1S/C6H10B2N2O2S/c1-3(11)10-5-9-2-4(13-5)6(7,8)12/h2,12H,7-8H2,1H3,(H,9,10,11). The number of thiazole rings is 1. The predicted octanol–water partition coefficient (Wildman–Crippen LogP) is -1.53. The van der Waals surface area contributed by atoms with Crippen molar-refractivity contribution in [2.45, 2.75) is 12.3 Å². The van der Waals surface area contributed by atoms with Crippen molar-refractivity contribution in [1.29, 1.82) is 0 Å². The summed E-state index contributed by atoms with van der Waals surface area (Å²) < 4.78 is 0. The molecule has 0 atom stereocenters. The molecule has 1 heterocycles. The third-order valence-corrected chi connectivity index (χ3v) is 2.62. The minimum Gasteiger partial charge on any atom is -0.402 e. The van der Waals surface area contributed by atoms with E-state index in [0.29, 0.717) is 5.13 Å². The summed E-state index contributed by atoms with van der Waals surface area (Å²) in [6.07, 6.45) is 1.57. The Balaban J connectivity index is 2.81. The van der Waals surface area contributed by atoms with Crippen molar-refractivity contribution >= 4 is 38.1 Å². The van der Waals surface area contributed by atoms with Crippen LogP contribution in [0.5, 0.6) is 0 Å². The third-order valence-electron chi connectivity index (χ3n) is 1.39.